The number of ether oxygens (including phenoxy) is 2. The van der Waals surface area contributed by atoms with Crippen molar-refractivity contribution in [1.82, 2.24) is 9.88 Å². The van der Waals surface area contributed by atoms with Crippen LogP contribution in [0, 0.1) is 0 Å². The molecule has 2 aromatic heterocycles. The Kier molecular flexibility index (Phi) is 4.66. The number of aliphatic hydroxyl groups is 1. The Morgan fingerprint density at radius 2 is 1.94 bits per heavy atom. The van der Waals surface area contributed by atoms with E-state index in [4.69, 9.17) is 13.9 Å². The fourth-order valence-corrected chi connectivity index (χ4v) is 3.84. The maximum absolute atomic E-state index is 13.0. The monoisotopic (exact) mass is 418 g/mol. The highest BCUT2D eigenvalue weighted by Gasteiger charge is 2.46. The van der Waals surface area contributed by atoms with Crippen molar-refractivity contribution >= 4 is 17.4 Å². The summed E-state index contributed by atoms with van der Waals surface area (Å²) in [7, 11) is 0. The van der Waals surface area contributed by atoms with Gasteiger partial charge in [-0.1, -0.05) is 6.07 Å². The number of pyridine rings is 1. The molecule has 2 aliphatic heterocycles. The molecule has 156 valence electrons. The van der Waals surface area contributed by atoms with Crippen LogP contribution in [-0.2, 0) is 16.1 Å². The summed E-state index contributed by atoms with van der Waals surface area (Å²) in [5, 5.41) is 11.1. The first-order chi connectivity index (χ1) is 15.1. The Balaban J connectivity index is 1.63. The van der Waals surface area contributed by atoms with Crippen LogP contribution in [0.15, 0.2) is 71.1 Å². The minimum Gasteiger partial charge on any atom is -0.507 e. The largest absolute Gasteiger partial charge is 0.507 e. The van der Waals surface area contributed by atoms with Gasteiger partial charge in [0.2, 0.25) is 0 Å². The van der Waals surface area contributed by atoms with Crippen molar-refractivity contribution in [3.05, 3.63) is 83.6 Å². The molecule has 1 fully saturated rings. The molecule has 8 heteroatoms. The molecular weight excluding hydrogens is 400 g/mol. The van der Waals surface area contributed by atoms with Gasteiger partial charge in [0, 0.05) is 18.0 Å². The van der Waals surface area contributed by atoms with Gasteiger partial charge in [-0.2, -0.15) is 0 Å². The van der Waals surface area contributed by atoms with Crippen LogP contribution in [0.1, 0.15) is 22.9 Å². The molecule has 1 N–H and O–H groups in total. The highest BCUT2D eigenvalue weighted by atomic mass is 16.6. The lowest BCUT2D eigenvalue weighted by Gasteiger charge is -2.24. The van der Waals surface area contributed by atoms with Gasteiger partial charge in [0.15, 0.2) is 11.5 Å². The molecule has 8 nitrogen and oxygen atoms in total. The van der Waals surface area contributed by atoms with Crippen LogP contribution in [0.25, 0.3) is 5.76 Å². The molecule has 0 radical (unpaired) electrons. The topological polar surface area (TPSA) is 102 Å². The molecule has 0 bridgehead atoms. The zero-order valence-electron chi connectivity index (χ0n) is 16.4. The number of Topliss-reactive ketones (excluding diaryl/α,β-unsaturated/α-hetero) is 1. The lowest BCUT2D eigenvalue weighted by Crippen LogP contribution is -2.29. The predicted molar refractivity (Wildman–Crippen MR) is 108 cm³/mol. The first-order valence-corrected chi connectivity index (χ1v) is 9.74. The minimum atomic E-state index is -0.813. The third kappa shape index (κ3) is 3.31. The molecule has 3 aromatic rings. The van der Waals surface area contributed by atoms with Gasteiger partial charge >= 0.3 is 0 Å². The molecule has 2 aliphatic rings. The molecule has 1 amide bonds. The number of benzene rings is 1. The zero-order chi connectivity index (χ0) is 21.4. The smallest absolute Gasteiger partial charge is 0.296 e. The van der Waals surface area contributed by atoms with Crippen LogP contribution in [0.2, 0.25) is 0 Å². The van der Waals surface area contributed by atoms with Crippen molar-refractivity contribution in [2.45, 2.75) is 12.6 Å². The number of rotatable bonds is 4. The van der Waals surface area contributed by atoms with Crippen LogP contribution in [-0.4, -0.2) is 39.9 Å². The Bertz CT molecular complexity index is 1170. The molecular formula is C23H18N2O6. The number of nitrogens with zero attached hydrogens (tertiary/aromatic N) is 2. The summed E-state index contributed by atoms with van der Waals surface area (Å²) >= 11 is 0. The Labute approximate surface area is 177 Å². The number of amides is 1. The van der Waals surface area contributed by atoms with E-state index in [0.717, 1.165) is 0 Å². The Morgan fingerprint density at radius 1 is 1.10 bits per heavy atom. The number of ketones is 1. The molecule has 1 saturated heterocycles. The number of fused-ring (bicyclic) bond motifs is 1. The lowest BCUT2D eigenvalue weighted by molar-refractivity contribution is -0.140. The molecule has 31 heavy (non-hydrogen) atoms. The number of hydrogen-bond donors (Lipinski definition) is 1. The van der Waals surface area contributed by atoms with Crippen LogP contribution in [0.3, 0.4) is 0 Å². The minimum absolute atomic E-state index is 0.0127. The number of furan rings is 1. The number of aromatic nitrogens is 1. The van der Waals surface area contributed by atoms with E-state index < -0.39 is 17.7 Å². The standard InChI is InChI=1S/C23H18N2O6/c26-21(14-5-6-17-18(11-14)31-10-9-30-17)19-20(15-3-1-7-24-12-15)25(23(28)22(19)27)13-16-4-2-8-29-16/h1-8,11-12,20,26H,9-10,13H2/b21-19+. The van der Waals surface area contributed by atoms with Gasteiger partial charge in [0.1, 0.15) is 24.7 Å². The first-order valence-electron chi connectivity index (χ1n) is 9.74. The molecule has 1 atom stereocenters. The van der Waals surface area contributed by atoms with Gasteiger partial charge in [-0.3, -0.25) is 14.6 Å². The van der Waals surface area contributed by atoms with Gasteiger partial charge in [-0.15, -0.1) is 0 Å². The second kappa shape index (κ2) is 7.64. The van der Waals surface area contributed by atoms with Gasteiger partial charge in [0.25, 0.3) is 11.7 Å². The van der Waals surface area contributed by atoms with E-state index in [2.05, 4.69) is 4.98 Å². The number of likely N-dealkylation sites (tertiary alicyclic amines) is 1. The maximum atomic E-state index is 13.0. The van der Waals surface area contributed by atoms with E-state index in [-0.39, 0.29) is 17.9 Å². The number of aliphatic hydroxyl groups excluding tert-OH is 1. The van der Waals surface area contributed by atoms with Crippen molar-refractivity contribution in [3.8, 4) is 11.5 Å². The van der Waals surface area contributed by atoms with Gasteiger partial charge in [0.05, 0.1) is 24.4 Å². The second-order valence-corrected chi connectivity index (χ2v) is 7.15. The highest BCUT2D eigenvalue weighted by molar-refractivity contribution is 6.46. The van der Waals surface area contributed by atoms with Crippen LogP contribution in [0.4, 0.5) is 0 Å². The Hall–Kier alpha value is -4.07. The SMILES string of the molecule is O=C1C(=O)N(Cc2ccco2)C(c2cccnc2)/C1=C(\O)c1ccc2c(c1)OCCO2. The van der Waals surface area contributed by atoms with Gasteiger partial charge < -0.3 is 23.9 Å². The van der Waals surface area contributed by atoms with Crippen LogP contribution >= 0.6 is 0 Å². The van der Waals surface area contributed by atoms with Crippen molar-refractivity contribution in [3.63, 3.8) is 0 Å². The molecule has 0 saturated carbocycles. The van der Waals surface area contributed by atoms with Crippen LogP contribution in [0.5, 0.6) is 11.5 Å². The first kappa shape index (κ1) is 18.9. The van der Waals surface area contributed by atoms with Gasteiger partial charge in [-0.05, 0) is 42.0 Å². The van der Waals surface area contributed by atoms with Crippen molar-refractivity contribution in [2.75, 3.05) is 13.2 Å². The highest BCUT2D eigenvalue weighted by Crippen LogP contribution is 2.41. The lowest BCUT2D eigenvalue weighted by atomic mass is 9.96. The third-order valence-electron chi connectivity index (χ3n) is 5.26. The van der Waals surface area contributed by atoms with E-state index >= 15 is 0 Å². The summed E-state index contributed by atoms with van der Waals surface area (Å²) < 4.78 is 16.5. The summed E-state index contributed by atoms with van der Waals surface area (Å²) in [6.07, 6.45) is 4.67. The third-order valence-corrected chi connectivity index (χ3v) is 5.26. The number of hydrogen-bond acceptors (Lipinski definition) is 7. The van der Waals surface area contributed by atoms with E-state index in [1.807, 2.05) is 0 Å². The summed E-state index contributed by atoms with van der Waals surface area (Å²) in [6, 6.07) is 11.0. The summed E-state index contributed by atoms with van der Waals surface area (Å²) in [4.78, 5) is 31.4. The fraction of sp³-hybridized carbons (Fsp3) is 0.174. The van der Waals surface area contributed by atoms with E-state index in [1.165, 1.54) is 11.2 Å². The molecule has 1 aromatic carbocycles. The summed E-state index contributed by atoms with van der Waals surface area (Å²) in [5.74, 6) is -0.221. The molecule has 0 spiro atoms. The van der Waals surface area contributed by atoms with Crippen molar-refractivity contribution in [2.24, 2.45) is 0 Å². The van der Waals surface area contributed by atoms with Crippen molar-refractivity contribution < 1.29 is 28.6 Å². The summed E-state index contributed by atoms with van der Waals surface area (Å²) in [5.41, 5.74) is 0.947. The zero-order valence-corrected chi connectivity index (χ0v) is 16.4. The average molecular weight is 418 g/mol. The van der Waals surface area contributed by atoms with Crippen molar-refractivity contribution in [1.29, 1.82) is 0 Å². The number of carbonyl (C=O) groups excluding carboxylic acids is 2. The van der Waals surface area contributed by atoms with Gasteiger partial charge in [-0.25, -0.2) is 0 Å². The molecule has 1 unspecified atom stereocenters. The fourth-order valence-electron chi connectivity index (χ4n) is 3.84. The number of carbonyl (C=O) groups is 2. The van der Waals surface area contributed by atoms with Crippen LogP contribution < -0.4 is 9.47 Å². The molecule has 0 aliphatic carbocycles. The quantitative estimate of drug-likeness (QED) is 0.395. The molecule has 4 heterocycles. The van der Waals surface area contributed by atoms with E-state index in [9.17, 15) is 14.7 Å². The summed E-state index contributed by atoms with van der Waals surface area (Å²) in [6.45, 7) is 0.909. The van der Waals surface area contributed by atoms with E-state index in [1.54, 1.807) is 54.9 Å². The maximum Gasteiger partial charge on any atom is 0.296 e. The molecule has 5 rings (SSSR count). The average Bonchev–Trinajstić information content (AvgIpc) is 3.41. The second-order valence-electron chi connectivity index (χ2n) is 7.15. The normalized spacial score (nSPS) is 19.6. The Morgan fingerprint density at radius 3 is 2.68 bits per heavy atom. The van der Waals surface area contributed by atoms with E-state index in [0.29, 0.717) is 41.6 Å². The predicted octanol–water partition coefficient (Wildman–Crippen LogP) is 3.07.